The van der Waals surface area contributed by atoms with Crippen molar-refractivity contribution in [2.24, 2.45) is 7.05 Å². The Morgan fingerprint density at radius 1 is 1.11 bits per heavy atom. The highest BCUT2D eigenvalue weighted by molar-refractivity contribution is 6.33. The van der Waals surface area contributed by atoms with Gasteiger partial charge in [-0.2, -0.15) is 0 Å². The van der Waals surface area contributed by atoms with Crippen molar-refractivity contribution in [2.75, 3.05) is 7.11 Å². The van der Waals surface area contributed by atoms with E-state index in [2.05, 4.69) is 5.32 Å². The molecular formula is C25H21ClFN3O5. The number of fused-ring (bicyclic) bond motifs is 1. The molecule has 3 aromatic carbocycles. The van der Waals surface area contributed by atoms with E-state index < -0.39 is 29.3 Å². The van der Waals surface area contributed by atoms with Gasteiger partial charge in [-0.15, -0.1) is 0 Å². The van der Waals surface area contributed by atoms with Gasteiger partial charge in [0.1, 0.15) is 23.1 Å². The van der Waals surface area contributed by atoms with E-state index in [1.807, 2.05) is 6.07 Å². The molecule has 4 rings (SSSR count). The zero-order chi connectivity index (χ0) is 25.3. The van der Waals surface area contributed by atoms with Crippen LogP contribution in [0.25, 0.3) is 16.7 Å². The van der Waals surface area contributed by atoms with Gasteiger partial charge >= 0.3 is 11.7 Å². The summed E-state index contributed by atoms with van der Waals surface area (Å²) >= 11 is 5.91. The van der Waals surface area contributed by atoms with Crippen molar-refractivity contribution in [3.05, 3.63) is 93.1 Å². The van der Waals surface area contributed by atoms with Crippen LogP contribution in [0.3, 0.4) is 0 Å². The molecule has 180 valence electrons. The number of amides is 1. The molecule has 8 nitrogen and oxygen atoms in total. The van der Waals surface area contributed by atoms with Crippen LogP contribution < -0.4 is 15.7 Å². The summed E-state index contributed by atoms with van der Waals surface area (Å²) in [7, 11) is 3.19. The third-order valence-electron chi connectivity index (χ3n) is 5.69. The van der Waals surface area contributed by atoms with Crippen molar-refractivity contribution in [1.82, 2.24) is 14.5 Å². The highest BCUT2D eigenvalue weighted by Crippen LogP contribution is 2.27. The standard InChI is InChI=1S/C25H21ClFN3O5/c1-29-19-7-4-8-20(35-2)22(19)30(25(29)34)15-11-9-14(10-12-15)13-18(24(32)33)28-23(31)21-16(26)5-3-6-17(21)27/h3-12,18H,13H2,1-2H3,(H,28,31)(H,32,33)/t18-/m0/s1. The molecule has 0 aliphatic heterocycles. The fourth-order valence-corrected chi connectivity index (χ4v) is 4.17. The number of halogens is 2. The molecule has 1 amide bonds. The van der Waals surface area contributed by atoms with Crippen molar-refractivity contribution >= 4 is 34.5 Å². The maximum Gasteiger partial charge on any atom is 0.333 e. The minimum absolute atomic E-state index is 0.0683. The number of carboxylic acid groups (broad SMARTS) is 1. The Morgan fingerprint density at radius 2 is 1.80 bits per heavy atom. The molecule has 1 heterocycles. The molecule has 0 bridgehead atoms. The lowest BCUT2D eigenvalue weighted by atomic mass is 10.0. The zero-order valence-corrected chi connectivity index (χ0v) is 19.5. The highest BCUT2D eigenvalue weighted by atomic mass is 35.5. The van der Waals surface area contributed by atoms with Gasteiger partial charge in [0.2, 0.25) is 0 Å². The van der Waals surface area contributed by atoms with Gasteiger partial charge in [-0.3, -0.25) is 13.9 Å². The number of nitrogens with one attached hydrogen (secondary N) is 1. The number of aromatic nitrogens is 2. The molecule has 0 aliphatic carbocycles. The third kappa shape index (κ3) is 4.50. The largest absolute Gasteiger partial charge is 0.494 e. The Morgan fingerprint density at radius 3 is 2.43 bits per heavy atom. The van der Waals surface area contributed by atoms with Crippen molar-refractivity contribution in [2.45, 2.75) is 12.5 Å². The SMILES string of the molecule is COc1cccc2c1n(-c1ccc(C[C@H](NC(=O)c3c(F)cccc3Cl)C(=O)O)cc1)c(=O)n2C. The van der Waals surface area contributed by atoms with Gasteiger partial charge in [0.25, 0.3) is 5.91 Å². The van der Waals surface area contributed by atoms with E-state index >= 15 is 0 Å². The van der Waals surface area contributed by atoms with E-state index in [-0.39, 0.29) is 17.1 Å². The Hall–Kier alpha value is -4.11. The van der Waals surface area contributed by atoms with Crippen LogP contribution in [0.15, 0.2) is 65.5 Å². The van der Waals surface area contributed by atoms with Crippen molar-refractivity contribution < 1.29 is 23.8 Å². The van der Waals surface area contributed by atoms with Gasteiger partial charge in [-0.25, -0.2) is 14.0 Å². The summed E-state index contributed by atoms with van der Waals surface area (Å²) < 4.78 is 22.5. The number of methoxy groups -OCH3 is 1. The summed E-state index contributed by atoms with van der Waals surface area (Å²) in [5.41, 5.74) is 1.76. The van der Waals surface area contributed by atoms with Gasteiger partial charge in [0.05, 0.1) is 28.9 Å². The minimum atomic E-state index is -1.33. The van der Waals surface area contributed by atoms with Crippen LogP contribution in [0, 0.1) is 5.82 Å². The first-order chi connectivity index (χ1) is 16.7. The lowest BCUT2D eigenvalue weighted by molar-refractivity contribution is -0.139. The van der Waals surface area contributed by atoms with Crippen LogP contribution in [0.1, 0.15) is 15.9 Å². The number of hydrogen-bond acceptors (Lipinski definition) is 4. The first-order valence-corrected chi connectivity index (χ1v) is 10.9. The van der Waals surface area contributed by atoms with Gasteiger partial charge in [-0.05, 0) is 42.0 Å². The number of nitrogens with zero attached hydrogens (tertiary/aromatic N) is 2. The number of carboxylic acids is 1. The molecule has 0 saturated heterocycles. The molecule has 2 N–H and O–H groups in total. The number of ether oxygens (including phenoxy) is 1. The normalized spacial score (nSPS) is 11.9. The average molecular weight is 498 g/mol. The van der Waals surface area contributed by atoms with Crippen LogP contribution in [-0.2, 0) is 18.3 Å². The van der Waals surface area contributed by atoms with Crippen LogP contribution in [0.5, 0.6) is 5.75 Å². The number of rotatable bonds is 7. The molecular weight excluding hydrogens is 477 g/mol. The molecule has 0 spiro atoms. The van der Waals surface area contributed by atoms with Crippen LogP contribution in [-0.4, -0.2) is 39.3 Å². The summed E-state index contributed by atoms with van der Waals surface area (Å²) in [4.78, 5) is 37.2. The average Bonchev–Trinajstić information content (AvgIpc) is 3.09. The Labute approximate surface area is 204 Å². The molecule has 0 aliphatic rings. The molecule has 35 heavy (non-hydrogen) atoms. The minimum Gasteiger partial charge on any atom is -0.494 e. The quantitative estimate of drug-likeness (QED) is 0.406. The number of imidazole rings is 1. The fraction of sp³-hybridized carbons (Fsp3) is 0.160. The van der Waals surface area contributed by atoms with E-state index in [9.17, 15) is 23.9 Å². The Bertz CT molecular complexity index is 1470. The second kappa shape index (κ2) is 9.63. The van der Waals surface area contributed by atoms with E-state index in [1.54, 1.807) is 43.4 Å². The lowest BCUT2D eigenvalue weighted by Crippen LogP contribution is -2.42. The number of hydrogen-bond donors (Lipinski definition) is 2. The second-order valence-corrected chi connectivity index (χ2v) is 8.24. The lowest BCUT2D eigenvalue weighted by Gasteiger charge is -2.16. The molecule has 0 radical (unpaired) electrons. The van der Waals surface area contributed by atoms with E-state index in [4.69, 9.17) is 16.3 Å². The predicted molar refractivity (Wildman–Crippen MR) is 129 cm³/mol. The topological polar surface area (TPSA) is 103 Å². The monoisotopic (exact) mass is 497 g/mol. The van der Waals surface area contributed by atoms with Crippen molar-refractivity contribution in [3.63, 3.8) is 0 Å². The van der Waals surface area contributed by atoms with E-state index in [1.165, 1.54) is 28.4 Å². The van der Waals surface area contributed by atoms with Crippen LogP contribution >= 0.6 is 11.6 Å². The number of aliphatic carboxylic acids is 1. The van der Waals surface area contributed by atoms with Gasteiger partial charge in [-0.1, -0.05) is 35.9 Å². The molecule has 0 unspecified atom stereocenters. The van der Waals surface area contributed by atoms with Gasteiger partial charge in [0.15, 0.2) is 0 Å². The highest BCUT2D eigenvalue weighted by Gasteiger charge is 2.24. The van der Waals surface area contributed by atoms with E-state index in [0.717, 1.165) is 6.07 Å². The van der Waals surface area contributed by atoms with Gasteiger partial charge < -0.3 is 15.2 Å². The number of para-hydroxylation sites is 1. The molecule has 1 atom stereocenters. The van der Waals surface area contributed by atoms with Gasteiger partial charge in [0, 0.05) is 13.5 Å². The summed E-state index contributed by atoms with van der Waals surface area (Å²) in [6.45, 7) is 0. The summed E-state index contributed by atoms with van der Waals surface area (Å²) in [5.74, 6) is -2.53. The van der Waals surface area contributed by atoms with E-state index in [0.29, 0.717) is 28.0 Å². The number of carbonyl (C=O) groups is 2. The molecule has 4 aromatic rings. The fourth-order valence-electron chi connectivity index (χ4n) is 3.92. The second-order valence-electron chi connectivity index (χ2n) is 7.84. The summed E-state index contributed by atoms with van der Waals surface area (Å²) in [5, 5.41) is 11.8. The summed E-state index contributed by atoms with van der Waals surface area (Å²) in [6.07, 6.45) is -0.0683. The molecule has 0 fully saturated rings. The first kappa shape index (κ1) is 24.0. The maximum atomic E-state index is 14.1. The van der Waals surface area contributed by atoms with Crippen molar-refractivity contribution in [3.8, 4) is 11.4 Å². The van der Waals surface area contributed by atoms with Crippen molar-refractivity contribution in [1.29, 1.82) is 0 Å². The predicted octanol–water partition coefficient (Wildman–Crippen LogP) is 3.56. The number of carbonyl (C=O) groups excluding carboxylic acids is 1. The first-order valence-electron chi connectivity index (χ1n) is 10.5. The Kier molecular flexibility index (Phi) is 6.61. The molecule has 10 heteroatoms. The molecule has 1 aromatic heterocycles. The number of benzene rings is 3. The maximum absolute atomic E-state index is 14.1. The molecule has 0 saturated carbocycles. The Balaban J connectivity index is 1.62. The summed E-state index contributed by atoms with van der Waals surface area (Å²) in [6, 6.07) is 14.5. The van der Waals surface area contributed by atoms with Crippen LogP contribution in [0.2, 0.25) is 5.02 Å². The number of aryl methyl sites for hydroxylation is 1. The van der Waals surface area contributed by atoms with Crippen LogP contribution in [0.4, 0.5) is 4.39 Å². The zero-order valence-electron chi connectivity index (χ0n) is 18.8. The smallest absolute Gasteiger partial charge is 0.333 e. The third-order valence-corrected chi connectivity index (χ3v) is 6.00.